The molecule has 0 atom stereocenters. The molecule has 0 aliphatic rings. The summed E-state index contributed by atoms with van der Waals surface area (Å²) in [5.74, 6) is 1.01. The van der Waals surface area contributed by atoms with Crippen LogP contribution < -0.4 is 0 Å². The minimum atomic E-state index is 0.902. The Bertz CT molecular complexity index is 258. The molecule has 0 amide bonds. The summed E-state index contributed by atoms with van der Waals surface area (Å²) in [7, 11) is 1.78. The van der Waals surface area contributed by atoms with Crippen molar-refractivity contribution in [3.8, 4) is 0 Å². The van der Waals surface area contributed by atoms with Gasteiger partial charge in [0.2, 0.25) is 0 Å². The van der Waals surface area contributed by atoms with E-state index >= 15 is 0 Å². The molecule has 0 saturated heterocycles. The molecule has 1 rings (SSSR count). The molecule has 0 N–H and O–H groups in total. The first-order valence-electron chi connectivity index (χ1n) is 3.74. The van der Waals surface area contributed by atoms with E-state index < -0.39 is 0 Å². The van der Waals surface area contributed by atoms with Gasteiger partial charge >= 0.3 is 0 Å². The lowest BCUT2D eigenvalue weighted by Crippen LogP contribution is -1.99. The van der Waals surface area contributed by atoms with Crippen molar-refractivity contribution < 1.29 is 0 Å². The predicted molar refractivity (Wildman–Crippen MR) is 52.6 cm³/mol. The Hall–Kier alpha value is -0.900. The topological polar surface area (TPSA) is 38.1 Å². The first kappa shape index (κ1) is 9.19. The van der Waals surface area contributed by atoms with E-state index in [1.54, 1.807) is 25.0 Å². The maximum absolute atomic E-state index is 4.14. The second-order valence-corrected chi connectivity index (χ2v) is 3.31. The molecule has 3 nitrogen and oxygen atoms in total. The van der Waals surface area contributed by atoms with Gasteiger partial charge in [0.15, 0.2) is 0 Å². The van der Waals surface area contributed by atoms with Crippen LogP contribution in [0.3, 0.4) is 0 Å². The number of hydrogen-bond donors (Lipinski definition) is 0. The van der Waals surface area contributed by atoms with Crippen LogP contribution in [0.5, 0.6) is 0 Å². The van der Waals surface area contributed by atoms with Crippen molar-refractivity contribution >= 4 is 16.8 Å². The first-order valence-corrected chi connectivity index (χ1v) is 4.73. The van der Waals surface area contributed by atoms with Crippen molar-refractivity contribution in [1.82, 2.24) is 9.97 Å². The van der Waals surface area contributed by atoms with Crippen LogP contribution in [-0.4, -0.2) is 27.8 Å². The van der Waals surface area contributed by atoms with Gasteiger partial charge in [-0.25, -0.2) is 9.97 Å². The van der Waals surface area contributed by atoms with Crippen molar-refractivity contribution in [1.29, 1.82) is 0 Å². The van der Waals surface area contributed by atoms with Gasteiger partial charge in [-0.1, -0.05) is 6.92 Å². The van der Waals surface area contributed by atoms with Gasteiger partial charge in [0.1, 0.15) is 11.4 Å². The van der Waals surface area contributed by atoms with Gasteiger partial charge < -0.3 is 0 Å². The third kappa shape index (κ3) is 2.30. The van der Waals surface area contributed by atoms with E-state index in [9.17, 15) is 0 Å². The lowest BCUT2D eigenvalue weighted by molar-refractivity contribution is 1.15. The molecule has 0 saturated carbocycles. The Balaban J connectivity index is 2.82. The summed E-state index contributed by atoms with van der Waals surface area (Å²) >= 11 is 1.69. The van der Waals surface area contributed by atoms with E-state index in [4.69, 9.17) is 0 Å². The minimum absolute atomic E-state index is 0.902. The Labute approximate surface area is 76.3 Å². The molecule has 0 aromatic carbocycles. The number of hydrogen-bond acceptors (Lipinski definition) is 4. The Kier molecular flexibility index (Phi) is 3.73. The van der Waals surface area contributed by atoms with Crippen molar-refractivity contribution in [2.75, 3.05) is 12.8 Å². The SMILES string of the molecule is CCS/C(=N\C)c1ccncn1. The van der Waals surface area contributed by atoms with Gasteiger partial charge in [0, 0.05) is 13.2 Å². The average molecular weight is 181 g/mol. The third-order valence-electron chi connectivity index (χ3n) is 1.29. The maximum Gasteiger partial charge on any atom is 0.116 e. The zero-order valence-electron chi connectivity index (χ0n) is 7.19. The molecule has 1 aromatic heterocycles. The molecule has 0 spiro atoms. The van der Waals surface area contributed by atoms with E-state index in [-0.39, 0.29) is 0 Å². The molecule has 12 heavy (non-hydrogen) atoms. The molecular formula is C8H11N3S. The first-order chi connectivity index (χ1) is 5.88. The van der Waals surface area contributed by atoms with Crippen LogP contribution in [0.25, 0.3) is 0 Å². The Morgan fingerprint density at radius 3 is 3.00 bits per heavy atom. The fourth-order valence-electron chi connectivity index (χ4n) is 0.807. The van der Waals surface area contributed by atoms with Gasteiger partial charge in [-0.3, -0.25) is 4.99 Å². The smallest absolute Gasteiger partial charge is 0.116 e. The highest BCUT2D eigenvalue weighted by Gasteiger charge is 2.01. The van der Waals surface area contributed by atoms with Gasteiger partial charge in [-0.15, -0.1) is 11.8 Å². The quantitative estimate of drug-likeness (QED) is 0.514. The summed E-state index contributed by atoms with van der Waals surface area (Å²) in [5, 5.41) is 0.972. The maximum atomic E-state index is 4.14. The van der Waals surface area contributed by atoms with E-state index in [2.05, 4.69) is 21.9 Å². The van der Waals surface area contributed by atoms with Crippen LogP contribution in [0, 0.1) is 0 Å². The molecule has 0 aliphatic carbocycles. The standard InChI is InChI=1S/C8H11N3S/c1-3-12-8(9-2)7-4-5-10-6-11-7/h4-6H,3H2,1-2H3/b9-8-. The van der Waals surface area contributed by atoms with Crippen LogP contribution in [0.2, 0.25) is 0 Å². The zero-order chi connectivity index (χ0) is 8.81. The van der Waals surface area contributed by atoms with Crippen molar-refractivity contribution in [3.05, 3.63) is 24.3 Å². The van der Waals surface area contributed by atoms with E-state index in [1.165, 1.54) is 6.33 Å². The van der Waals surface area contributed by atoms with Crippen molar-refractivity contribution in [3.63, 3.8) is 0 Å². The van der Waals surface area contributed by atoms with Gasteiger partial charge in [-0.05, 0) is 11.8 Å². The highest BCUT2D eigenvalue weighted by Crippen LogP contribution is 2.09. The molecule has 4 heteroatoms. The van der Waals surface area contributed by atoms with E-state index in [0.717, 1.165) is 16.5 Å². The predicted octanol–water partition coefficient (Wildman–Crippen LogP) is 1.61. The van der Waals surface area contributed by atoms with Gasteiger partial charge in [0.05, 0.1) is 5.69 Å². The zero-order valence-corrected chi connectivity index (χ0v) is 8.01. The summed E-state index contributed by atoms with van der Waals surface area (Å²) in [5.41, 5.74) is 0.902. The molecular weight excluding hydrogens is 170 g/mol. The Morgan fingerprint density at radius 2 is 2.50 bits per heavy atom. The number of nitrogens with zero attached hydrogens (tertiary/aromatic N) is 3. The summed E-state index contributed by atoms with van der Waals surface area (Å²) < 4.78 is 0. The number of aliphatic imine (C=N–C) groups is 1. The van der Waals surface area contributed by atoms with Gasteiger partial charge in [-0.2, -0.15) is 0 Å². The highest BCUT2D eigenvalue weighted by atomic mass is 32.2. The lowest BCUT2D eigenvalue weighted by atomic mass is 10.4. The molecule has 0 radical (unpaired) electrons. The third-order valence-corrected chi connectivity index (χ3v) is 2.24. The number of aromatic nitrogens is 2. The summed E-state index contributed by atoms with van der Waals surface area (Å²) in [6.45, 7) is 2.09. The van der Waals surface area contributed by atoms with Crippen LogP contribution in [-0.2, 0) is 0 Å². The summed E-state index contributed by atoms with van der Waals surface area (Å²) in [4.78, 5) is 12.1. The highest BCUT2D eigenvalue weighted by molar-refractivity contribution is 8.14. The number of rotatable bonds is 2. The second-order valence-electron chi connectivity index (χ2n) is 2.06. The summed E-state index contributed by atoms with van der Waals surface area (Å²) in [6, 6.07) is 1.87. The van der Waals surface area contributed by atoms with Crippen molar-refractivity contribution in [2.24, 2.45) is 4.99 Å². The van der Waals surface area contributed by atoms with Crippen LogP contribution in [0.4, 0.5) is 0 Å². The van der Waals surface area contributed by atoms with Crippen LogP contribution >= 0.6 is 11.8 Å². The summed E-state index contributed by atoms with van der Waals surface area (Å²) in [6.07, 6.45) is 3.26. The molecule has 0 unspecified atom stereocenters. The lowest BCUT2D eigenvalue weighted by Gasteiger charge is -2.00. The second kappa shape index (κ2) is 4.87. The largest absolute Gasteiger partial charge is 0.280 e. The van der Waals surface area contributed by atoms with E-state index in [0.29, 0.717) is 0 Å². The molecule has 1 heterocycles. The molecule has 64 valence electrons. The fourth-order valence-corrected chi connectivity index (χ4v) is 1.48. The van der Waals surface area contributed by atoms with Crippen molar-refractivity contribution in [2.45, 2.75) is 6.92 Å². The minimum Gasteiger partial charge on any atom is -0.280 e. The molecule has 0 aliphatic heterocycles. The monoisotopic (exact) mass is 181 g/mol. The van der Waals surface area contributed by atoms with Crippen LogP contribution in [0.1, 0.15) is 12.6 Å². The average Bonchev–Trinajstić information content (AvgIpc) is 2.15. The molecule has 0 bridgehead atoms. The van der Waals surface area contributed by atoms with Crippen LogP contribution in [0.15, 0.2) is 23.6 Å². The molecule has 1 aromatic rings. The Morgan fingerprint density at radius 1 is 1.67 bits per heavy atom. The number of thioether (sulfide) groups is 1. The molecule has 0 fully saturated rings. The van der Waals surface area contributed by atoms with E-state index in [1.807, 2.05) is 6.07 Å². The normalized spacial score (nSPS) is 11.7. The fraction of sp³-hybridized carbons (Fsp3) is 0.375. The van der Waals surface area contributed by atoms with Gasteiger partial charge in [0.25, 0.3) is 0 Å².